The summed E-state index contributed by atoms with van der Waals surface area (Å²) in [5, 5.41) is 0. The van der Waals surface area contributed by atoms with Crippen molar-refractivity contribution in [2.24, 2.45) is 5.73 Å². The first kappa shape index (κ1) is 12.9. The molecule has 0 radical (unpaired) electrons. The lowest BCUT2D eigenvalue weighted by molar-refractivity contribution is 0.125. The Balaban J connectivity index is 2.16. The molecule has 88 valence electrons. The van der Waals surface area contributed by atoms with Gasteiger partial charge in [-0.15, -0.1) is 0 Å². The molecule has 0 amide bonds. The summed E-state index contributed by atoms with van der Waals surface area (Å²) in [6.07, 6.45) is 3.08. The lowest BCUT2D eigenvalue weighted by atomic mass is 10.1. The minimum atomic E-state index is 0.147. The van der Waals surface area contributed by atoms with E-state index in [0.717, 1.165) is 13.0 Å². The highest BCUT2D eigenvalue weighted by Crippen LogP contribution is 2.03. The Labute approximate surface area is 98.1 Å². The van der Waals surface area contributed by atoms with E-state index in [9.17, 15) is 0 Å². The monoisotopic (exact) mass is 219 g/mol. The summed E-state index contributed by atoms with van der Waals surface area (Å²) in [6, 6.07) is 10.4. The second kappa shape index (κ2) is 7.20. The van der Waals surface area contributed by atoms with E-state index in [1.54, 1.807) is 0 Å². The van der Waals surface area contributed by atoms with Crippen LogP contribution in [0.4, 0.5) is 0 Å². The molecule has 1 rings (SSSR count). The van der Waals surface area contributed by atoms with Crippen LogP contribution in [0.25, 0.3) is 0 Å². The number of hydrogen-bond acceptors (Lipinski definition) is 2. The first-order valence-corrected chi connectivity index (χ1v) is 5.74. The normalized spacial score (nSPS) is 13.8. The maximum Gasteiger partial charge on any atom is 0.0717 e. The minimum absolute atomic E-state index is 0.147. The van der Waals surface area contributed by atoms with Gasteiger partial charge in [-0.25, -0.2) is 0 Å². The summed E-state index contributed by atoms with van der Waals surface area (Å²) in [5.74, 6) is 0. The fourth-order valence-electron chi connectivity index (χ4n) is 1.32. The molecular weight excluding hydrogens is 198 g/mol. The molecule has 1 aromatic rings. The predicted molar refractivity (Wildman–Crippen MR) is 68.1 cm³/mol. The Bertz CT molecular complexity index is 317. The Morgan fingerprint density at radius 3 is 2.69 bits per heavy atom. The van der Waals surface area contributed by atoms with Crippen LogP contribution >= 0.6 is 0 Å². The number of ether oxygens (including phenoxy) is 1. The van der Waals surface area contributed by atoms with E-state index in [1.807, 2.05) is 25.1 Å². The van der Waals surface area contributed by atoms with Crippen LogP contribution in [0.3, 0.4) is 0 Å². The topological polar surface area (TPSA) is 35.2 Å². The van der Waals surface area contributed by atoms with Crippen LogP contribution in [0.5, 0.6) is 0 Å². The van der Waals surface area contributed by atoms with Crippen molar-refractivity contribution in [2.45, 2.75) is 32.9 Å². The van der Waals surface area contributed by atoms with E-state index in [4.69, 9.17) is 10.5 Å². The van der Waals surface area contributed by atoms with Gasteiger partial charge >= 0.3 is 0 Å². The maximum atomic E-state index is 5.73. The number of rotatable bonds is 6. The number of benzene rings is 1. The van der Waals surface area contributed by atoms with E-state index in [0.29, 0.717) is 6.61 Å². The highest BCUT2D eigenvalue weighted by Gasteiger charge is 1.95. The fourth-order valence-corrected chi connectivity index (χ4v) is 1.32. The molecule has 0 fully saturated rings. The molecule has 0 aliphatic rings. The van der Waals surface area contributed by atoms with Crippen LogP contribution in [-0.2, 0) is 11.3 Å². The summed E-state index contributed by atoms with van der Waals surface area (Å²) in [5.41, 5.74) is 8.18. The highest BCUT2D eigenvalue weighted by atomic mass is 16.5. The molecule has 0 heterocycles. The first-order valence-electron chi connectivity index (χ1n) is 5.74. The molecule has 0 aromatic heterocycles. The SMILES string of the molecule is C/C(=C\CCOCc1ccccc1)C(C)N. The average molecular weight is 219 g/mol. The Morgan fingerprint density at radius 1 is 1.38 bits per heavy atom. The summed E-state index contributed by atoms with van der Waals surface area (Å²) in [6.45, 7) is 5.49. The van der Waals surface area contributed by atoms with Gasteiger partial charge in [0.05, 0.1) is 13.2 Å². The van der Waals surface area contributed by atoms with Crippen molar-refractivity contribution in [3.8, 4) is 0 Å². The summed E-state index contributed by atoms with van der Waals surface area (Å²) in [7, 11) is 0. The Morgan fingerprint density at radius 2 is 2.06 bits per heavy atom. The van der Waals surface area contributed by atoms with Gasteiger partial charge in [-0.05, 0) is 25.8 Å². The second-order valence-corrected chi connectivity index (χ2v) is 4.06. The molecule has 16 heavy (non-hydrogen) atoms. The van der Waals surface area contributed by atoms with Gasteiger partial charge in [-0.2, -0.15) is 0 Å². The van der Waals surface area contributed by atoms with Gasteiger partial charge in [-0.3, -0.25) is 0 Å². The van der Waals surface area contributed by atoms with Crippen molar-refractivity contribution in [1.82, 2.24) is 0 Å². The van der Waals surface area contributed by atoms with Crippen molar-refractivity contribution >= 4 is 0 Å². The zero-order valence-corrected chi connectivity index (χ0v) is 10.1. The van der Waals surface area contributed by atoms with Crippen molar-refractivity contribution in [1.29, 1.82) is 0 Å². The third kappa shape index (κ3) is 5.10. The first-order chi connectivity index (χ1) is 7.70. The van der Waals surface area contributed by atoms with Crippen molar-refractivity contribution in [2.75, 3.05) is 6.61 Å². The quantitative estimate of drug-likeness (QED) is 0.590. The summed E-state index contributed by atoms with van der Waals surface area (Å²) < 4.78 is 5.56. The zero-order chi connectivity index (χ0) is 11.8. The van der Waals surface area contributed by atoms with Crippen LogP contribution in [0, 0.1) is 0 Å². The van der Waals surface area contributed by atoms with Crippen LogP contribution in [0.2, 0.25) is 0 Å². The zero-order valence-electron chi connectivity index (χ0n) is 10.1. The molecule has 1 atom stereocenters. The predicted octanol–water partition coefficient (Wildman–Crippen LogP) is 2.89. The van der Waals surface area contributed by atoms with E-state index in [2.05, 4.69) is 25.1 Å². The Kier molecular flexibility index (Phi) is 5.83. The molecular formula is C14H21NO. The molecule has 0 saturated heterocycles. The molecule has 0 aliphatic carbocycles. The minimum Gasteiger partial charge on any atom is -0.376 e. The standard InChI is InChI=1S/C14H21NO/c1-12(13(2)15)7-6-10-16-11-14-8-4-3-5-9-14/h3-5,7-9,13H,6,10-11,15H2,1-2H3/b12-7+. The van der Waals surface area contributed by atoms with Crippen molar-refractivity contribution in [3.63, 3.8) is 0 Å². The van der Waals surface area contributed by atoms with Gasteiger partial charge in [0.2, 0.25) is 0 Å². The van der Waals surface area contributed by atoms with Gasteiger partial charge < -0.3 is 10.5 Å². The summed E-state index contributed by atoms with van der Waals surface area (Å²) >= 11 is 0. The van der Waals surface area contributed by atoms with E-state index >= 15 is 0 Å². The molecule has 2 heteroatoms. The van der Waals surface area contributed by atoms with E-state index in [1.165, 1.54) is 11.1 Å². The van der Waals surface area contributed by atoms with Gasteiger partial charge in [0.15, 0.2) is 0 Å². The number of nitrogens with two attached hydrogens (primary N) is 1. The fraction of sp³-hybridized carbons (Fsp3) is 0.429. The molecule has 1 aromatic carbocycles. The van der Waals surface area contributed by atoms with Gasteiger partial charge in [-0.1, -0.05) is 42.0 Å². The molecule has 0 saturated carbocycles. The van der Waals surface area contributed by atoms with Gasteiger partial charge in [0.25, 0.3) is 0 Å². The third-order valence-electron chi connectivity index (χ3n) is 2.56. The van der Waals surface area contributed by atoms with Crippen LogP contribution < -0.4 is 5.73 Å². The smallest absolute Gasteiger partial charge is 0.0717 e. The Hall–Kier alpha value is -1.12. The van der Waals surface area contributed by atoms with Gasteiger partial charge in [0.1, 0.15) is 0 Å². The number of hydrogen-bond donors (Lipinski definition) is 1. The van der Waals surface area contributed by atoms with Crippen LogP contribution in [0.1, 0.15) is 25.8 Å². The van der Waals surface area contributed by atoms with Crippen LogP contribution in [0.15, 0.2) is 42.0 Å². The summed E-state index contributed by atoms with van der Waals surface area (Å²) in [4.78, 5) is 0. The van der Waals surface area contributed by atoms with Gasteiger partial charge in [0, 0.05) is 6.04 Å². The van der Waals surface area contributed by atoms with Crippen molar-refractivity contribution < 1.29 is 4.74 Å². The molecule has 0 spiro atoms. The maximum absolute atomic E-state index is 5.73. The lowest BCUT2D eigenvalue weighted by Gasteiger charge is -2.06. The molecule has 2 nitrogen and oxygen atoms in total. The lowest BCUT2D eigenvalue weighted by Crippen LogP contribution is -2.15. The highest BCUT2D eigenvalue weighted by molar-refractivity contribution is 5.13. The van der Waals surface area contributed by atoms with Crippen molar-refractivity contribution in [3.05, 3.63) is 47.5 Å². The van der Waals surface area contributed by atoms with E-state index in [-0.39, 0.29) is 6.04 Å². The molecule has 0 bridgehead atoms. The van der Waals surface area contributed by atoms with E-state index < -0.39 is 0 Å². The molecule has 1 unspecified atom stereocenters. The molecule has 0 aliphatic heterocycles. The third-order valence-corrected chi connectivity index (χ3v) is 2.56. The van der Waals surface area contributed by atoms with Crippen LogP contribution in [-0.4, -0.2) is 12.6 Å². The molecule has 2 N–H and O–H groups in total. The average Bonchev–Trinajstić information content (AvgIpc) is 2.29. The second-order valence-electron chi connectivity index (χ2n) is 4.06. The largest absolute Gasteiger partial charge is 0.376 e.